The molecule has 1 heterocycles. The Morgan fingerprint density at radius 1 is 1.62 bits per heavy atom. The van der Waals surface area contributed by atoms with Crippen LogP contribution in [0.3, 0.4) is 0 Å². The van der Waals surface area contributed by atoms with Crippen molar-refractivity contribution in [2.45, 2.75) is 32.2 Å². The monoisotopic (exact) mass is 179 g/mol. The van der Waals surface area contributed by atoms with Crippen LogP contribution in [0.5, 0.6) is 0 Å². The molecule has 2 rings (SSSR count). The van der Waals surface area contributed by atoms with Gasteiger partial charge in [0, 0.05) is 19.3 Å². The maximum absolute atomic E-state index is 5.96. The van der Waals surface area contributed by atoms with Crippen molar-refractivity contribution < 1.29 is 0 Å². The average molecular weight is 179 g/mol. The third kappa shape index (κ3) is 1.18. The summed E-state index contributed by atoms with van der Waals surface area (Å²) in [5.41, 5.74) is 7.53. The number of nitrogens with zero attached hydrogens (tertiary/aromatic N) is 2. The number of aryl methyl sites for hydroxylation is 1. The first-order valence-corrected chi connectivity index (χ1v) is 4.76. The van der Waals surface area contributed by atoms with Crippen LogP contribution in [0, 0.1) is 5.41 Å². The summed E-state index contributed by atoms with van der Waals surface area (Å²) in [6, 6.07) is 0.345. The van der Waals surface area contributed by atoms with E-state index in [1.807, 2.05) is 17.9 Å². The van der Waals surface area contributed by atoms with Gasteiger partial charge in [-0.3, -0.25) is 4.68 Å². The molecule has 2 N–H and O–H groups in total. The molecule has 1 fully saturated rings. The molecular weight excluding hydrogens is 162 g/mol. The first kappa shape index (κ1) is 8.75. The Morgan fingerprint density at radius 2 is 2.31 bits per heavy atom. The summed E-state index contributed by atoms with van der Waals surface area (Å²) >= 11 is 0. The third-order valence-electron chi connectivity index (χ3n) is 3.47. The van der Waals surface area contributed by atoms with Crippen molar-refractivity contribution in [3.63, 3.8) is 0 Å². The van der Waals surface area contributed by atoms with Gasteiger partial charge >= 0.3 is 0 Å². The fourth-order valence-electron chi connectivity index (χ4n) is 2.15. The van der Waals surface area contributed by atoms with Gasteiger partial charge in [-0.15, -0.1) is 0 Å². The predicted molar refractivity (Wildman–Crippen MR) is 52.3 cm³/mol. The Morgan fingerprint density at radius 3 is 2.69 bits per heavy atom. The minimum atomic E-state index is 0.239. The van der Waals surface area contributed by atoms with E-state index in [-0.39, 0.29) is 5.41 Å². The van der Waals surface area contributed by atoms with E-state index < -0.39 is 0 Å². The maximum atomic E-state index is 5.96. The van der Waals surface area contributed by atoms with E-state index in [9.17, 15) is 0 Å². The van der Waals surface area contributed by atoms with Crippen LogP contribution in [0.1, 0.15) is 31.7 Å². The van der Waals surface area contributed by atoms with Gasteiger partial charge in [0.15, 0.2) is 0 Å². The SMILES string of the molecule is Cn1cc(C2CC(N)C2(C)C)cn1. The zero-order chi connectivity index (χ0) is 9.64. The Bertz CT molecular complexity index is 314. The van der Waals surface area contributed by atoms with Crippen LogP contribution in [-0.4, -0.2) is 15.8 Å². The molecule has 1 aliphatic carbocycles. The standard InChI is InChI=1S/C10H17N3/c1-10(2)8(4-9(10)11)7-5-12-13(3)6-7/h5-6,8-9H,4,11H2,1-3H3. The van der Waals surface area contributed by atoms with E-state index in [0.29, 0.717) is 12.0 Å². The maximum Gasteiger partial charge on any atom is 0.0524 e. The quantitative estimate of drug-likeness (QED) is 0.705. The Balaban J connectivity index is 2.21. The molecule has 0 aromatic carbocycles. The number of nitrogens with two attached hydrogens (primary N) is 1. The molecule has 0 bridgehead atoms. The van der Waals surface area contributed by atoms with Crippen molar-refractivity contribution in [2.24, 2.45) is 18.2 Å². The van der Waals surface area contributed by atoms with E-state index in [4.69, 9.17) is 5.73 Å². The van der Waals surface area contributed by atoms with Crippen LogP contribution in [0.25, 0.3) is 0 Å². The highest BCUT2D eigenvalue weighted by atomic mass is 15.2. The number of hydrogen-bond acceptors (Lipinski definition) is 2. The summed E-state index contributed by atoms with van der Waals surface area (Å²) in [7, 11) is 1.95. The summed E-state index contributed by atoms with van der Waals surface area (Å²) in [6.07, 6.45) is 5.15. The first-order chi connectivity index (χ1) is 6.01. The molecule has 3 nitrogen and oxygen atoms in total. The van der Waals surface area contributed by atoms with E-state index in [2.05, 4.69) is 25.1 Å². The molecule has 0 amide bonds. The lowest BCUT2D eigenvalue weighted by Crippen LogP contribution is -2.52. The Kier molecular flexibility index (Phi) is 1.74. The van der Waals surface area contributed by atoms with Gasteiger partial charge in [0.25, 0.3) is 0 Å². The third-order valence-corrected chi connectivity index (χ3v) is 3.47. The first-order valence-electron chi connectivity index (χ1n) is 4.76. The Labute approximate surface area is 78.9 Å². The molecule has 2 atom stereocenters. The summed E-state index contributed by atoms with van der Waals surface area (Å²) in [5.74, 6) is 0.594. The predicted octanol–water partition coefficient (Wildman–Crippen LogP) is 1.26. The van der Waals surface area contributed by atoms with Crippen LogP contribution in [-0.2, 0) is 7.05 Å². The van der Waals surface area contributed by atoms with Crippen LogP contribution in [0.2, 0.25) is 0 Å². The zero-order valence-electron chi connectivity index (χ0n) is 8.49. The van der Waals surface area contributed by atoms with Gasteiger partial charge < -0.3 is 5.73 Å². The van der Waals surface area contributed by atoms with Gasteiger partial charge in [-0.25, -0.2) is 0 Å². The fraction of sp³-hybridized carbons (Fsp3) is 0.700. The van der Waals surface area contributed by atoms with Gasteiger partial charge in [-0.2, -0.15) is 5.10 Å². The summed E-state index contributed by atoms with van der Waals surface area (Å²) in [5, 5.41) is 4.19. The Hall–Kier alpha value is -0.830. The molecule has 72 valence electrons. The lowest BCUT2D eigenvalue weighted by molar-refractivity contribution is 0.0983. The molecule has 0 aliphatic heterocycles. The van der Waals surface area contributed by atoms with Crippen LogP contribution < -0.4 is 5.73 Å². The average Bonchev–Trinajstić information content (AvgIpc) is 2.47. The largest absolute Gasteiger partial charge is 0.327 e. The van der Waals surface area contributed by atoms with E-state index >= 15 is 0 Å². The number of rotatable bonds is 1. The molecule has 1 saturated carbocycles. The molecule has 1 aliphatic rings. The van der Waals surface area contributed by atoms with E-state index in [1.54, 1.807) is 0 Å². The van der Waals surface area contributed by atoms with Crippen LogP contribution in [0.4, 0.5) is 0 Å². The highest BCUT2D eigenvalue weighted by Crippen LogP contribution is 2.51. The van der Waals surface area contributed by atoms with E-state index in [0.717, 1.165) is 6.42 Å². The lowest BCUT2D eigenvalue weighted by Gasteiger charge is -2.50. The lowest BCUT2D eigenvalue weighted by atomic mass is 9.57. The van der Waals surface area contributed by atoms with Gasteiger partial charge in [0.05, 0.1) is 6.20 Å². The van der Waals surface area contributed by atoms with Gasteiger partial charge in [0.2, 0.25) is 0 Å². The van der Waals surface area contributed by atoms with Crippen molar-refractivity contribution in [2.75, 3.05) is 0 Å². The molecule has 0 saturated heterocycles. The van der Waals surface area contributed by atoms with Crippen molar-refractivity contribution in [1.29, 1.82) is 0 Å². The van der Waals surface area contributed by atoms with Crippen molar-refractivity contribution >= 4 is 0 Å². The zero-order valence-corrected chi connectivity index (χ0v) is 8.49. The van der Waals surface area contributed by atoms with Gasteiger partial charge in [-0.05, 0) is 23.3 Å². The number of aromatic nitrogens is 2. The molecule has 13 heavy (non-hydrogen) atoms. The highest BCUT2D eigenvalue weighted by molar-refractivity contribution is 5.22. The minimum Gasteiger partial charge on any atom is -0.327 e. The van der Waals surface area contributed by atoms with Crippen molar-refractivity contribution in [3.05, 3.63) is 18.0 Å². The van der Waals surface area contributed by atoms with Gasteiger partial charge in [-0.1, -0.05) is 13.8 Å². The smallest absolute Gasteiger partial charge is 0.0524 e. The normalized spacial score (nSPS) is 31.4. The summed E-state index contributed by atoms with van der Waals surface area (Å²) in [6.45, 7) is 4.47. The number of hydrogen-bond donors (Lipinski definition) is 1. The van der Waals surface area contributed by atoms with Gasteiger partial charge in [0.1, 0.15) is 0 Å². The molecular formula is C10H17N3. The molecule has 3 heteroatoms. The molecule has 0 spiro atoms. The van der Waals surface area contributed by atoms with Crippen molar-refractivity contribution in [1.82, 2.24) is 9.78 Å². The fourth-order valence-corrected chi connectivity index (χ4v) is 2.15. The van der Waals surface area contributed by atoms with Crippen LogP contribution >= 0.6 is 0 Å². The van der Waals surface area contributed by atoms with Crippen LogP contribution in [0.15, 0.2) is 12.4 Å². The second-order valence-electron chi connectivity index (χ2n) is 4.66. The molecule has 2 unspecified atom stereocenters. The molecule has 0 radical (unpaired) electrons. The van der Waals surface area contributed by atoms with E-state index in [1.165, 1.54) is 5.56 Å². The highest BCUT2D eigenvalue weighted by Gasteiger charge is 2.46. The van der Waals surface area contributed by atoms with Crippen molar-refractivity contribution in [3.8, 4) is 0 Å². The summed E-state index contributed by atoms with van der Waals surface area (Å²) < 4.78 is 1.86. The molecule has 1 aromatic heterocycles. The topological polar surface area (TPSA) is 43.8 Å². The molecule has 1 aromatic rings. The second-order valence-corrected chi connectivity index (χ2v) is 4.66. The summed E-state index contributed by atoms with van der Waals surface area (Å²) in [4.78, 5) is 0. The minimum absolute atomic E-state index is 0.239. The second kappa shape index (κ2) is 2.58.